The number of rotatable bonds is 2. The Labute approximate surface area is 88.1 Å². The molecule has 0 fully saturated rings. The lowest BCUT2D eigenvalue weighted by atomic mass is 10.2. The molecule has 1 aromatic heterocycles. The molecule has 0 spiro atoms. The van der Waals surface area contributed by atoms with E-state index in [0.717, 1.165) is 5.56 Å². The Morgan fingerprint density at radius 1 is 1.57 bits per heavy atom. The molecule has 0 unspecified atom stereocenters. The van der Waals surface area contributed by atoms with E-state index in [1.54, 1.807) is 11.3 Å². The third-order valence-electron chi connectivity index (χ3n) is 1.42. The normalized spacial score (nSPS) is 11.1. The van der Waals surface area contributed by atoms with Crippen molar-refractivity contribution < 1.29 is 9.53 Å². The minimum Gasteiger partial charge on any atom is -0.444 e. The molecule has 14 heavy (non-hydrogen) atoms. The molecule has 0 bridgehead atoms. The summed E-state index contributed by atoms with van der Waals surface area (Å²) in [5, 5.41) is 6.66. The quantitative estimate of drug-likeness (QED) is 0.820. The number of carbonyl (C=O) groups excluding carboxylic acids is 1. The molecule has 0 radical (unpaired) electrons. The zero-order chi connectivity index (χ0) is 10.6. The Balaban J connectivity index is 2.29. The minimum absolute atomic E-state index is 0.372. The molecule has 0 saturated carbocycles. The number of carbonyl (C=O) groups is 1. The average Bonchev–Trinajstić information content (AvgIpc) is 2.49. The second-order valence-electron chi connectivity index (χ2n) is 3.99. The first-order valence-corrected chi connectivity index (χ1v) is 5.39. The third-order valence-corrected chi connectivity index (χ3v) is 2.15. The highest BCUT2D eigenvalue weighted by Crippen LogP contribution is 2.08. The van der Waals surface area contributed by atoms with Gasteiger partial charge in [0.15, 0.2) is 0 Å². The van der Waals surface area contributed by atoms with Crippen LogP contribution in [0.3, 0.4) is 0 Å². The first-order valence-electron chi connectivity index (χ1n) is 4.45. The summed E-state index contributed by atoms with van der Waals surface area (Å²) < 4.78 is 5.09. The highest BCUT2D eigenvalue weighted by atomic mass is 32.1. The standard InChI is InChI=1S/C10H15NO2S/c1-10(2,3)13-9(12)11-6-8-4-5-14-7-8/h4-5,7H,6H2,1-3H3,(H,11,12). The zero-order valence-corrected chi connectivity index (χ0v) is 9.48. The average molecular weight is 213 g/mol. The molecule has 1 amide bonds. The Bertz CT molecular complexity index is 288. The van der Waals surface area contributed by atoms with Crippen molar-refractivity contribution >= 4 is 17.4 Å². The molecule has 3 nitrogen and oxygen atoms in total. The van der Waals surface area contributed by atoms with E-state index in [1.807, 2.05) is 37.6 Å². The summed E-state index contributed by atoms with van der Waals surface area (Å²) in [6.45, 7) is 6.06. The van der Waals surface area contributed by atoms with Crippen LogP contribution < -0.4 is 5.32 Å². The number of hydrogen-bond donors (Lipinski definition) is 1. The van der Waals surface area contributed by atoms with Gasteiger partial charge in [0.05, 0.1) is 0 Å². The first-order chi connectivity index (χ1) is 6.47. The maximum Gasteiger partial charge on any atom is 0.407 e. The van der Waals surface area contributed by atoms with Crippen molar-refractivity contribution in [2.24, 2.45) is 0 Å². The molecule has 4 heteroatoms. The van der Waals surface area contributed by atoms with Crippen LogP contribution in [0.25, 0.3) is 0 Å². The molecular weight excluding hydrogens is 198 g/mol. The van der Waals surface area contributed by atoms with Crippen molar-refractivity contribution in [2.75, 3.05) is 0 Å². The number of ether oxygens (including phenoxy) is 1. The Morgan fingerprint density at radius 3 is 2.79 bits per heavy atom. The Kier molecular flexibility index (Phi) is 3.52. The molecule has 0 atom stereocenters. The van der Waals surface area contributed by atoms with Crippen LogP contribution in [0.1, 0.15) is 26.3 Å². The molecule has 0 aromatic carbocycles. The van der Waals surface area contributed by atoms with Crippen LogP contribution in [0.5, 0.6) is 0 Å². The second kappa shape index (κ2) is 4.46. The molecule has 1 aromatic rings. The number of amides is 1. The molecule has 1 rings (SSSR count). The van der Waals surface area contributed by atoms with Crippen LogP contribution in [0.2, 0.25) is 0 Å². The first kappa shape index (κ1) is 11.0. The third kappa shape index (κ3) is 4.28. The topological polar surface area (TPSA) is 38.3 Å². The van der Waals surface area contributed by atoms with Gasteiger partial charge >= 0.3 is 6.09 Å². The summed E-state index contributed by atoms with van der Waals surface area (Å²) in [6.07, 6.45) is -0.372. The van der Waals surface area contributed by atoms with Gasteiger partial charge in [0.2, 0.25) is 0 Å². The van der Waals surface area contributed by atoms with Gasteiger partial charge in [0.1, 0.15) is 5.60 Å². The molecule has 0 aliphatic carbocycles. The highest BCUT2D eigenvalue weighted by molar-refractivity contribution is 7.07. The van der Waals surface area contributed by atoms with E-state index in [2.05, 4.69) is 5.32 Å². The fourth-order valence-electron chi connectivity index (χ4n) is 0.882. The van der Waals surface area contributed by atoms with Crippen molar-refractivity contribution in [3.8, 4) is 0 Å². The molecular formula is C10H15NO2S. The minimum atomic E-state index is -0.432. The molecule has 0 saturated heterocycles. The molecule has 1 N–H and O–H groups in total. The molecule has 0 aliphatic heterocycles. The van der Waals surface area contributed by atoms with Crippen LogP contribution in [-0.2, 0) is 11.3 Å². The SMILES string of the molecule is CC(C)(C)OC(=O)NCc1ccsc1. The monoisotopic (exact) mass is 213 g/mol. The number of thiophene rings is 1. The maximum atomic E-state index is 11.2. The molecule has 0 aliphatic rings. The van der Waals surface area contributed by atoms with Gasteiger partial charge in [-0.25, -0.2) is 4.79 Å². The number of alkyl carbamates (subject to hydrolysis) is 1. The zero-order valence-electron chi connectivity index (χ0n) is 8.66. The Morgan fingerprint density at radius 2 is 2.29 bits per heavy atom. The number of nitrogens with one attached hydrogen (secondary N) is 1. The predicted octanol–water partition coefficient (Wildman–Crippen LogP) is 2.77. The van der Waals surface area contributed by atoms with E-state index in [1.165, 1.54) is 0 Å². The van der Waals surface area contributed by atoms with Crippen molar-refractivity contribution in [1.82, 2.24) is 5.32 Å². The fourth-order valence-corrected chi connectivity index (χ4v) is 1.55. The van der Waals surface area contributed by atoms with Crippen LogP contribution >= 0.6 is 11.3 Å². The van der Waals surface area contributed by atoms with Gasteiger partial charge < -0.3 is 10.1 Å². The Hall–Kier alpha value is -1.03. The van der Waals surface area contributed by atoms with Crippen LogP contribution in [-0.4, -0.2) is 11.7 Å². The van der Waals surface area contributed by atoms with E-state index in [0.29, 0.717) is 6.54 Å². The number of hydrogen-bond acceptors (Lipinski definition) is 3. The van der Waals surface area contributed by atoms with E-state index in [4.69, 9.17) is 4.74 Å². The summed E-state index contributed by atoms with van der Waals surface area (Å²) in [4.78, 5) is 11.2. The summed E-state index contributed by atoms with van der Waals surface area (Å²) in [5.41, 5.74) is 0.666. The lowest BCUT2D eigenvalue weighted by Crippen LogP contribution is -2.32. The fraction of sp³-hybridized carbons (Fsp3) is 0.500. The van der Waals surface area contributed by atoms with Crippen LogP contribution in [0.15, 0.2) is 16.8 Å². The lowest BCUT2D eigenvalue weighted by Gasteiger charge is -2.19. The van der Waals surface area contributed by atoms with Crippen LogP contribution in [0, 0.1) is 0 Å². The lowest BCUT2D eigenvalue weighted by molar-refractivity contribution is 0.0523. The largest absolute Gasteiger partial charge is 0.444 e. The maximum absolute atomic E-state index is 11.2. The van der Waals surface area contributed by atoms with Crippen molar-refractivity contribution in [1.29, 1.82) is 0 Å². The molecule has 1 heterocycles. The van der Waals surface area contributed by atoms with Crippen LogP contribution in [0.4, 0.5) is 4.79 Å². The highest BCUT2D eigenvalue weighted by Gasteiger charge is 2.15. The van der Waals surface area contributed by atoms with Gasteiger partial charge in [0, 0.05) is 6.54 Å². The second-order valence-corrected chi connectivity index (χ2v) is 4.77. The van der Waals surface area contributed by atoms with Gasteiger partial charge in [0.25, 0.3) is 0 Å². The summed E-state index contributed by atoms with van der Waals surface area (Å²) >= 11 is 1.61. The van der Waals surface area contributed by atoms with E-state index >= 15 is 0 Å². The van der Waals surface area contributed by atoms with Gasteiger partial charge in [-0.1, -0.05) is 0 Å². The summed E-state index contributed by atoms with van der Waals surface area (Å²) in [6, 6.07) is 1.97. The summed E-state index contributed by atoms with van der Waals surface area (Å²) in [5.74, 6) is 0. The van der Waals surface area contributed by atoms with Crippen molar-refractivity contribution in [2.45, 2.75) is 32.9 Å². The van der Waals surface area contributed by atoms with E-state index in [-0.39, 0.29) is 6.09 Å². The van der Waals surface area contributed by atoms with Gasteiger partial charge in [-0.3, -0.25) is 0 Å². The van der Waals surface area contributed by atoms with Crippen molar-refractivity contribution in [3.63, 3.8) is 0 Å². The van der Waals surface area contributed by atoms with Gasteiger partial charge in [-0.05, 0) is 43.2 Å². The van der Waals surface area contributed by atoms with Gasteiger partial charge in [-0.15, -0.1) is 0 Å². The van der Waals surface area contributed by atoms with E-state index in [9.17, 15) is 4.79 Å². The van der Waals surface area contributed by atoms with Crippen molar-refractivity contribution in [3.05, 3.63) is 22.4 Å². The summed E-state index contributed by atoms with van der Waals surface area (Å²) in [7, 11) is 0. The van der Waals surface area contributed by atoms with Gasteiger partial charge in [-0.2, -0.15) is 11.3 Å². The predicted molar refractivity (Wildman–Crippen MR) is 57.4 cm³/mol. The van der Waals surface area contributed by atoms with E-state index < -0.39 is 5.60 Å². The molecule has 78 valence electrons. The smallest absolute Gasteiger partial charge is 0.407 e.